The lowest BCUT2D eigenvalue weighted by atomic mass is 10.0. The predicted molar refractivity (Wildman–Crippen MR) is 69.2 cm³/mol. The van der Waals surface area contributed by atoms with E-state index in [1.807, 2.05) is 0 Å². The van der Waals surface area contributed by atoms with Crippen LogP contribution in [-0.4, -0.2) is 18.5 Å². The lowest BCUT2D eigenvalue weighted by molar-refractivity contribution is -0.122. The smallest absolute Gasteiger partial charge is 0.220 e. The molecule has 16 heavy (non-hydrogen) atoms. The molecule has 0 bridgehead atoms. The minimum absolute atomic E-state index is 0.195. The third-order valence-electron chi connectivity index (χ3n) is 3.24. The molecule has 3 nitrogen and oxygen atoms in total. The van der Waals surface area contributed by atoms with E-state index >= 15 is 0 Å². The van der Waals surface area contributed by atoms with Gasteiger partial charge in [-0.15, -0.1) is 0 Å². The van der Waals surface area contributed by atoms with Crippen molar-refractivity contribution in [2.75, 3.05) is 6.54 Å². The Labute approximate surface area is 100 Å². The molecular weight excluding hydrogens is 200 g/mol. The molecule has 0 saturated carbocycles. The van der Waals surface area contributed by atoms with E-state index in [2.05, 4.69) is 26.1 Å². The molecule has 0 heterocycles. The molecule has 2 atom stereocenters. The molecule has 3 heteroatoms. The zero-order valence-electron chi connectivity index (χ0n) is 11.1. The van der Waals surface area contributed by atoms with Gasteiger partial charge in [0.2, 0.25) is 5.91 Å². The summed E-state index contributed by atoms with van der Waals surface area (Å²) in [7, 11) is 0. The summed E-state index contributed by atoms with van der Waals surface area (Å²) in [6.45, 7) is 7.17. The molecule has 96 valence electrons. The summed E-state index contributed by atoms with van der Waals surface area (Å²) in [5.41, 5.74) is 5.41. The summed E-state index contributed by atoms with van der Waals surface area (Å²) in [5, 5.41) is 3.06. The van der Waals surface area contributed by atoms with Gasteiger partial charge in [-0.2, -0.15) is 0 Å². The average molecular weight is 228 g/mol. The second-order valence-corrected chi connectivity index (χ2v) is 4.69. The maximum Gasteiger partial charge on any atom is 0.220 e. The van der Waals surface area contributed by atoms with Gasteiger partial charge in [-0.25, -0.2) is 0 Å². The summed E-state index contributed by atoms with van der Waals surface area (Å²) in [5.74, 6) is 0.752. The first kappa shape index (κ1) is 15.4. The van der Waals surface area contributed by atoms with Gasteiger partial charge in [-0.1, -0.05) is 33.1 Å². The van der Waals surface area contributed by atoms with Crippen LogP contribution in [0.5, 0.6) is 0 Å². The van der Waals surface area contributed by atoms with Crippen LogP contribution in [0.25, 0.3) is 0 Å². The number of nitrogens with two attached hydrogens (primary N) is 1. The fourth-order valence-electron chi connectivity index (χ4n) is 1.61. The minimum atomic E-state index is 0.195. The van der Waals surface area contributed by atoms with Gasteiger partial charge in [0.15, 0.2) is 0 Å². The maximum atomic E-state index is 11.6. The summed E-state index contributed by atoms with van der Waals surface area (Å²) in [4.78, 5) is 11.6. The van der Waals surface area contributed by atoms with Gasteiger partial charge in [-0.3, -0.25) is 4.79 Å². The van der Waals surface area contributed by atoms with Gasteiger partial charge >= 0.3 is 0 Å². The van der Waals surface area contributed by atoms with Crippen molar-refractivity contribution in [1.82, 2.24) is 5.32 Å². The quantitative estimate of drug-likeness (QED) is 0.596. The number of carbonyl (C=O) groups is 1. The third kappa shape index (κ3) is 7.69. The number of amides is 1. The highest BCUT2D eigenvalue weighted by atomic mass is 16.1. The van der Waals surface area contributed by atoms with E-state index in [9.17, 15) is 4.79 Å². The van der Waals surface area contributed by atoms with Crippen molar-refractivity contribution < 1.29 is 4.79 Å². The van der Waals surface area contributed by atoms with Gasteiger partial charge in [0.25, 0.3) is 0 Å². The fraction of sp³-hybridized carbons (Fsp3) is 0.923. The van der Waals surface area contributed by atoms with Crippen LogP contribution in [0.2, 0.25) is 0 Å². The van der Waals surface area contributed by atoms with Crippen LogP contribution in [0.4, 0.5) is 0 Å². The van der Waals surface area contributed by atoms with E-state index in [1.165, 1.54) is 0 Å². The standard InChI is InChI=1S/C13H28N2O/c1-4-11(2)12(3)15-13(16)9-7-5-6-8-10-14/h11-12H,4-10,14H2,1-3H3,(H,15,16). The van der Waals surface area contributed by atoms with E-state index in [1.54, 1.807) is 0 Å². The van der Waals surface area contributed by atoms with Crippen LogP contribution in [0, 0.1) is 5.92 Å². The molecule has 3 N–H and O–H groups in total. The van der Waals surface area contributed by atoms with Crippen LogP contribution in [0.3, 0.4) is 0 Å². The van der Waals surface area contributed by atoms with Crippen LogP contribution < -0.4 is 11.1 Å². The molecule has 0 fully saturated rings. The Morgan fingerprint density at radius 1 is 1.19 bits per heavy atom. The summed E-state index contributed by atoms with van der Waals surface area (Å²) in [6, 6.07) is 0.293. The highest BCUT2D eigenvalue weighted by Crippen LogP contribution is 2.08. The Morgan fingerprint density at radius 3 is 2.38 bits per heavy atom. The van der Waals surface area contributed by atoms with Crippen molar-refractivity contribution in [3.05, 3.63) is 0 Å². The molecule has 0 aromatic rings. The van der Waals surface area contributed by atoms with Gasteiger partial charge in [0.05, 0.1) is 0 Å². The van der Waals surface area contributed by atoms with E-state index < -0.39 is 0 Å². The van der Waals surface area contributed by atoms with E-state index in [4.69, 9.17) is 5.73 Å². The molecule has 0 aliphatic rings. The Bertz CT molecular complexity index is 183. The van der Waals surface area contributed by atoms with E-state index in [0.717, 1.165) is 38.6 Å². The van der Waals surface area contributed by atoms with Crippen molar-refractivity contribution in [2.24, 2.45) is 11.7 Å². The minimum Gasteiger partial charge on any atom is -0.353 e. The second kappa shape index (κ2) is 9.64. The Balaban J connectivity index is 3.51. The van der Waals surface area contributed by atoms with Crippen molar-refractivity contribution in [3.8, 4) is 0 Å². The molecule has 2 unspecified atom stereocenters. The third-order valence-corrected chi connectivity index (χ3v) is 3.24. The predicted octanol–water partition coefficient (Wildman–Crippen LogP) is 2.45. The van der Waals surface area contributed by atoms with Gasteiger partial charge in [-0.05, 0) is 32.2 Å². The topological polar surface area (TPSA) is 55.1 Å². The molecule has 0 aliphatic carbocycles. The van der Waals surface area contributed by atoms with Crippen LogP contribution >= 0.6 is 0 Å². The number of rotatable bonds is 9. The highest BCUT2D eigenvalue weighted by Gasteiger charge is 2.12. The number of hydrogen-bond acceptors (Lipinski definition) is 2. The number of nitrogens with one attached hydrogen (secondary N) is 1. The molecule has 0 aliphatic heterocycles. The molecule has 0 aromatic carbocycles. The zero-order valence-corrected chi connectivity index (χ0v) is 11.1. The highest BCUT2D eigenvalue weighted by molar-refractivity contribution is 5.76. The first-order valence-corrected chi connectivity index (χ1v) is 6.61. The first-order chi connectivity index (χ1) is 7.61. The monoisotopic (exact) mass is 228 g/mol. The SMILES string of the molecule is CCC(C)C(C)NC(=O)CCCCCCN. The van der Waals surface area contributed by atoms with Gasteiger partial charge in [0.1, 0.15) is 0 Å². The van der Waals surface area contributed by atoms with Crippen LogP contribution in [-0.2, 0) is 4.79 Å². The number of carbonyl (C=O) groups excluding carboxylic acids is 1. The molecule has 0 rings (SSSR count). The summed E-state index contributed by atoms with van der Waals surface area (Å²) >= 11 is 0. The van der Waals surface area contributed by atoms with Crippen molar-refractivity contribution in [1.29, 1.82) is 0 Å². The van der Waals surface area contributed by atoms with E-state index in [-0.39, 0.29) is 5.91 Å². The molecule has 0 radical (unpaired) electrons. The zero-order chi connectivity index (χ0) is 12.4. The fourth-order valence-corrected chi connectivity index (χ4v) is 1.61. The molecular formula is C13H28N2O. The molecule has 0 spiro atoms. The Hall–Kier alpha value is -0.570. The second-order valence-electron chi connectivity index (χ2n) is 4.69. The average Bonchev–Trinajstić information content (AvgIpc) is 2.27. The lowest BCUT2D eigenvalue weighted by Gasteiger charge is -2.19. The van der Waals surface area contributed by atoms with Crippen molar-refractivity contribution in [2.45, 2.75) is 65.3 Å². The number of hydrogen-bond donors (Lipinski definition) is 2. The van der Waals surface area contributed by atoms with Crippen LogP contribution in [0.15, 0.2) is 0 Å². The molecule has 0 saturated heterocycles. The lowest BCUT2D eigenvalue weighted by Crippen LogP contribution is -2.36. The maximum absolute atomic E-state index is 11.6. The largest absolute Gasteiger partial charge is 0.353 e. The van der Waals surface area contributed by atoms with Gasteiger partial charge in [0, 0.05) is 12.5 Å². The summed E-state index contributed by atoms with van der Waals surface area (Å²) in [6.07, 6.45) is 6.08. The number of unbranched alkanes of at least 4 members (excludes halogenated alkanes) is 3. The van der Waals surface area contributed by atoms with Crippen molar-refractivity contribution >= 4 is 5.91 Å². The van der Waals surface area contributed by atoms with Crippen molar-refractivity contribution in [3.63, 3.8) is 0 Å². The normalized spacial score (nSPS) is 14.5. The van der Waals surface area contributed by atoms with E-state index in [0.29, 0.717) is 18.4 Å². The molecule has 1 amide bonds. The molecule has 0 aromatic heterocycles. The van der Waals surface area contributed by atoms with Gasteiger partial charge < -0.3 is 11.1 Å². The van der Waals surface area contributed by atoms with Crippen LogP contribution in [0.1, 0.15) is 59.3 Å². The first-order valence-electron chi connectivity index (χ1n) is 6.61. The summed E-state index contributed by atoms with van der Waals surface area (Å²) < 4.78 is 0. The Kier molecular flexibility index (Phi) is 9.30. The Morgan fingerprint density at radius 2 is 1.81 bits per heavy atom.